The van der Waals surface area contributed by atoms with Gasteiger partial charge in [0, 0.05) is 50.4 Å². The molecule has 25 heavy (non-hydrogen) atoms. The number of carbonyl (C=O) groups excluding carboxylic acids is 2. The lowest BCUT2D eigenvalue weighted by Gasteiger charge is -2.36. The van der Waals surface area contributed by atoms with Crippen molar-refractivity contribution in [2.75, 3.05) is 36.4 Å². The Hall–Kier alpha value is -2.04. The zero-order valence-electron chi connectivity index (χ0n) is 15.6. The molecule has 1 aliphatic rings. The van der Waals surface area contributed by atoms with E-state index < -0.39 is 0 Å². The molecule has 0 aliphatic carbocycles. The highest BCUT2D eigenvalue weighted by Crippen LogP contribution is 2.20. The highest BCUT2D eigenvalue weighted by atomic mass is 16.2. The van der Waals surface area contributed by atoms with Crippen LogP contribution in [0.1, 0.15) is 52.4 Å². The topological polar surface area (TPSA) is 52.7 Å². The van der Waals surface area contributed by atoms with E-state index in [2.05, 4.69) is 17.1 Å². The maximum atomic E-state index is 12.2. The van der Waals surface area contributed by atoms with Crippen LogP contribution in [0, 0.1) is 0 Å². The lowest BCUT2D eigenvalue weighted by Crippen LogP contribution is -2.48. The number of anilines is 2. The van der Waals surface area contributed by atoms with Crippen LogP contribution in [-0.4, -0.2) is 42.9 Å². The number of nitrogens with zero attached hydrogens (tertiary/aromatic N) is 2. The maximum absolute atomic E-state index is 12.2. The second-order valence-corrected chi connectivity index (χ2v) is 6.67. The van der Waals surface area contributed by atoms with Gasteiger partial charge in [0.2, 0.25) is 11.8 Å². The number of unbranched alkanes of at least 4 members (excludes halogenated alkanes) is 2. The number of carbonyl (C=O) groups is 2. The summed E-state index contributed by atoms with van der Waals surface area (Å²) in [7, 11) is 0. The summed E-state index contributed by atoms with van der Waals surface area (Å²) in [6, 6.07) is 7.98. The first-order valence-corrected chi connectivity index (χ1v) is 9.56. The summed E-state index contributed by atoms with van der Waals surface area (Å²) in [5.41, 5.74) is 1.98. The minimum absolute atomic E-state index is 0.0606. The first-order chi connectivity index (χ1) is 12.1. The first-order valence-electron chi connectivity index (χ1n) is 9.56. The summed E-state index contributed by atoms with van der Waals surface area (Å²) in [6.45, 7) is 7.46. The summed E-state index contributed by atoms with van der Waals surface area (Å²) >= 11 is 0. The van der Waals surface area contributed by atoms with Gasteiger partial charge in [0.1, 0.15) is 0 Å². The number of nitrogens with one attached hydrogen (secondary N) is 1. The van der Waals surface area contributed by atoms with Gasteiger partial charge in [-0.3, -0.25) is 9.59 Å². The van der Waals surface area contributed by atoms with Gasteiger partial charge in [-0.1, -0.05) is 26.7 Å². The Morgan fingerprint density at radius 1 is 0.920 bits per heavy atom. The molecule has 1 aromatic rings. The van der Waals surface area contributed by atoms with Crippen LogP contribution >= 0.6 is 0 Å². The Balaban J connectivity index is 1.80. The Labute approximate surface area is 151 Å². The third-order valence-electron chi connectivity index (χ3n) is 4.62. The molecule has 1 saturated heterocycles. The normalized spacial score (nSPS) is 14.5. The van der Waals surface area contributed by atoms with Gasteiger partial charge in [-0.2, -0.15) is 0 Å². The molecule has 1 heterocycles. The van der Waals surface area contributed by atoms with Crippen molar-refractivity contribution in [1.82, 2.24) is 4.90 Å². The minimum atomic E-state index is 0.0606. The molecule has 0 radical (unpaired) electrons. The molecule has 1 N–H and O–H groups in total. The fourth-order valence-corrected chi connectivity index (χ4v) is 3.10. The number of piperazine rings is 1. The Bertz CT molecular complexity index is 549. The van der Waals surface area contributed by atoms with E-state index in [1.165, 1.54) is 0 Å². The van der Waals surface area contributed by atoms with Crippen molar-refractivity contribution in [2.24, 2.45) is 0 Å². The van der Waals surface area contributed by atoms with Gasteiger partial charge in [-0.15, -0.1) is 0 Å². The van der Waals surface area contributed by atoms with Gasteiger partial charge >= 0.3 is 0 Å². The standard InChI is InChI=1S/C20H31N3O2/c1-3-5-6-8-20(25)23-15-13-22(14-16-23)18-11-9-17(10-12-18)21-19(24)7-4-2/h9-12H,3-8,13-16H2,1-2H3,(H,21,24). The summed E-state index contributed by atoms with van der Waals surface area (Å²) in [5.74, 6) is 0.354. The zero-order chi connectivity index (χ0) is 18.1. The Morgan fingerprint density at radius 2 is 1.60 bits per heavy atom. The molecule has 1 aromatic carbocycles. The summed E-state index contributed by atoms with van der Waals surface area (Å²) in [5, 5.41) is 2.91. The summed E-state index contributed by atoms with van der Waals surface area (Å²) in [6.07, 6.45) is 5.37. The van der Waals surface area contributed by atoms with E-state index in [0.717, 1.165) is 63.2 Å². The van der Waals surface area contributed by atoms with Crippen LogP contribution in [0.3, 0.4) is 0 Å². The summed E-state index contributed by atoms with van der Waals surface area (Å²) in [4.78, 5) is 28.1. The third-order valence-corrected chi connectivity index (χ3v) is 4.62. The fraction of sp³-hybridized carbons (Fsp3) is 0.600. The van der Waals surface area contributed by atoms with Crippen molar-refractivity contribution in [3.05, 3.63) is 24.3 Å². The summed E-state index contributed by atoms with van der Waals surface area (Å²) < 4.78 is 0. The monoisotopic (exact) mass is 345 g/mol. The predicted octanol–water partition coefficient (Wildman–Crippen LogP) is 3.65. The van der Waals surface area contributed by atoms with E-state index >= 15 is 0 Å². The quantitative estimate of drug-likeness (QED) is 0.732. The highest BCUT2D eigenvalue weighted by molar-refractivity contribution is 5.90. The maximum Gasteiger partial charge on any atom is 0.224 e. The Morgan fingerprint density at radius 3 is 2.20 bits per heavy atom. The molecule has 0 bridgehead atoms. The molecular weight excluding hydrogens is 314 g/mol. The van der Waals surface area contributed by atoms with Crippen molar-refractivity contribution in [1.29, 1.82) is 0 Å². The van der Waals surface area contributed by atoms with Crippen molar-refractivity contribution in [3.63, 3.8) is 0 Å². The molecule has 2 rings (SSSR count). The molecule has 5 nitrogen and oxygen atoms in total. The lowest BCUT2D eigenvalue weighted by atomic mass is 10.1. The molecule has 0 unspecified atom stereocenters. The van der Waals surface area contributed by atoms with Gasteiger partial charge in [0.25, 0.3) is 0 Å². The zero-order valence-corrected chi connectivity index (χ0v) is 15.6. The van der Waals surface area contributed by atoms with Crippen LogP contribution in [0.25, 0.3) is 0 Å². The number of benzene rings is 1. The van der Waals surface area contributed by atoms with Crippen molar-refractivity contribution in [2.45, 2.75) is 52.4 Å². The van der Waals surface area contributed by atoms with Crippen LogP contribution in [-0.2, 0) is 9.59 Å². The molecule has 2 amide bonds. The molecule has 5 heteroatoms. The molecule has 0 atom stereocenters. The predicted molar refractivity (Wildman–Crippen MR) is 103 cm³/mol. The van der Waals surface area contributed by atoms with Crippen LogP contribution in [0.2, 0.25) is 0 Å². The average molecular weight is 345 g/mol. The molecule has 1 aliphatic heterocycles. The number of amides is 2. The molecule has 138 valence electrons. The second kappa shape index (κ2) is 10.1. The average Bonchev–Trinajstić information content (AvgIpc) is 2.63. The SMILES string of the molecule is CCCCCC(=O)N1CCN(c2ccc(NC(=O)CCC)cc2)CC1. The third kappa shape index (κ3) is 6.07. The number of hydrogen-bond donors (Lipinski definition) is 1. The number of rotatable bonds is 8. The van der Waals surface area contributed by atoms with Crippen molar-refractivity contribution in [3.8, 4) is 0 Å². The molecule has 0 aromatic heterocycles. The molecule has 1 fully saturated rings. The lowest BCUT2D eigenvalue weighted by molar-refractivity contribution is -0.131. The van der Waals surface area contributed by atoms with E-state index in [-0.39, 0.29) is 5.91 Å². The molecule has 0 saturated carbocycles. The van der Waals surface area contributed by atoms with E-state index in [0.29, 0.717) is 18.7 Å². The first kappa shape index (κ1) is 19.3. The Kier molecular flexibility index (Phi) is 7.76. The van der Waals surface area contributed by atoms with E-state index in [1.807, 2.05) is 36.1 Å². The van der Waals surface area contributed by atoms with E-state index in [4.69, 9.17) is 0 Å². The van der Waals surface area contributed by atoms with Gasteiger partial charge in [-0.05, 0) is 37.1 Å². The van der Waals surface area contributed by atoms with Gasteiger partial charge in [0.15, 0.2) is 0 Å². The van der Waals surface area contributed by atoms with Gasteiger partial charge < -0.3 is 15.1 Å². The van der Waals surface area contributed by atoms with Gasteiger partial charge in [0.05, 0.1) is 0 Å². The molecular formula is C20H31N3O2. The highest BCUT2D eigenvalue weighted by Gasteiger charge is 2.20. The second-order valence-electron chi connectivity index (χ2n) is 6.67. The van der Waals surface area contributed by atoms with Crippen molar-refractivity contribution >= 4 is 23.2 Å². The largest absolute Gasteiger partial charge is 0.368 e. The van der Waals surface area contributed by atoms with E-state index in [9.17, 15) is 9.59 Å². The smallest absolute Gasteiger partial charge is 0.224 e. The van der Waals surface area contributed by atoms with E-state index in [1.54, 1.807) is 0 Å². The van der Waals surface area contributed by atoms with Crippen molar-refractivity contribution < 1.29 is 9.59 Å². The van der Waals surface area contributed by atoms with Crippen LogP contribution in [0.4, 0.5) is 11.4 Å². The fourth-order valence-electron chi connectivity index (χ4n) is 3.10. The van der Waals surface area contributed by atoms with Crippen LogP contribution in [0.5, 0.6) is 0 Å². The van der Waals surface area contributed by atoms with Crippen LogP contribution < -0.4 is 10.2 Å². The minimum Gasteiger partial charge on any atom is -0.368 e. The van der Waals surface area contributed by atoms with Crippen LogP contribution in [0.15, 0.2) is 24.3 Å². The van der Waals surface area contributed by atoms with Gasteiger partial charge in [-0.25, -0.2) is 0 Å². The number of hydrogen-bond acceptors (Lipinski definition) is 3. The molecule has 0 spiro atoms.